The van der Waals surface area contributed by atoms with Crippen molar-refractivity contribution in [2.75, 3.05) is 6.54 Å². The Morgan fingerprint density at radius 2 is 2.00 bits per heavy atom. The van der Waals surface area contributed by atoms with Crippen LogP contribution in [0, 0.1) is 0 Å². The normalized spacial score (nSPS) is 10.8. The maximum atomic E-state index is 12.3. The fourth-order valence-electron chi connectivity index (χ4n) is 1.99. The van der Waals surface area contributed by atoms with E-state index in [1.807, 2.05) is 46.7 Å². The molecule has 3 heteroatoms. The van der Waals surface area contributed by atoms with Gasteiger partial charge in [-0.2, -0.15) is 0 Å². The molecule has 0 radical (unpaired) electrons. The number of carbonyl (C=O) groups excluding carboxylic acids is 1. The maximum Gasteiger partial charge on any atom is 0.246 e. The van der Waals surface area contributed by atoms with Crippen molar-refractivity contribution in [3.63, 3.8) is 0 Å². The van der Waals surface area contributed by atoms with E-state index in [-0.39, 0.29) is 5.91 Å². The molecule has 104 valence electrons. The van der Waals surface area contributed by atoms with E-state index in [1.54, 1.807) is 17.4 Å². The summed E-state index contributed by atoms with van der Waals surface area (Å²) in [6.45, 7) is 3.54. The average Bonchev–Trinajstić information content (AvgIpc) is 2.99. The van der Waals surface area contributed by atoms with E-state index in [1.165, 1.54) is 5.56 Å². The Morgan fingerprint density at radius 1 is 1.20 bits per heavy atom. The SMILES string of the molecule is CCCN(Cc1ccccc1)C(=O)/C=C/c1cccs1. The lowest BCUT2D eigenvalue weighted by Crippen LogP contribution is -2.29. The van der Waals surface area contributed by atoms with E-state index in [9.17, 15) is 4.79 Å². The van der Waals surface area contributed by atoms with Crippen LogP contribution in [0.15, 0.2) is 53.9 Å². The summed E-state index contributed by atoms with van der Waals surface area (Å²) in [5.41, 5.74) is 1.17. The molecule has 0 N–H and O–H groups in total. The summed E-state index contributed by atoms with van der Waals surface area (Å²) in [5, 5.41) is 2.01. The fourth-order valence-corrected chi connectivity index (χ4v) is 2.60. The summed E-state index contributed by atoms with van der Waals surface area (Å²) in [5.74, 6) is 0.0732. The lowest BCUT2D eigenvalue weighted by atomic mass is 10.2. The van der Waals surface area contributed by atoms with Crippen LogP contribution in [0.3, 0.4) is 0 Å². The van der Waals surface area contributed by atoms with Crippen molar-refractivity contribution in [1.82, 2.24) is 4.90 Å². The monoisotopic (exact) mass is 285 g/mol. The minimum absolute atomic E-state index is 0.0732. The van der Waals surface area contributed by atoms with Gasteiger partial charge in [0.2, 0.25) is 5.91 Å². The van der Waals surface area contributed by atoms with Crippen LogP contribution >= 0.6 is 11.3 Å². The van der Waals surface area contributed by atoms with E-state index in [4.69, 9.17) is 0 Å². The van der Waals surface area contributed by atoms with Crippen LogP contribution < -0.4 is 0 Å². The number of thiophene rings is 1. The van der Waals surface area contributed by atoms with Crippen molar-refractivity contribution in [2.24, 2.45) is 0 Å². The Bertz CT molecular complexity index is 546. The molecule has 0 aliphatic carbocycles. The Balaban J connectivity index is 2.02. The van der Waals surface area contributed by atoms with Gasteiger partial charge < -0.3 is 4.90 Å². The quantitative estimate of drug-likeness (QED) is 0.728. The molecule has 0 spiro atoms. The molecule has 2 nitrogen and oxygen atoms in total. The Hall–Kier alpha value is -1.87. The second kappa shape index (κ2) is 7.65. The Morgan fingerprint density at radius 3 is 2.65 bits per heavy atom. The summed E-state index contributed by atoms with van der Waals surface area (Å²) in [6, 6.07) is 14.1. The van der Waals surface area contributed by atoms with Crippen LogP contribution in [0.1, 0.15) is 23.8 Å². The van der Waals surface area contributed by atoms with Gasteiger partial charge in [0.25, 0.3) is 0 Å². The summed E-state index contributed by atoms with van der Waals surface area (Å²) < 4.78 is 0. The predicted octanol–water partition coefficient (Wildman–Crippen LogP) is 4.20. The highest BCUT2D eigenvalue weighted by atomic mass is 32.1. The van der Waals surface area contributed by atoms with Crippen LogP contribution in [0.5, 0.6) is 0 Å². The van der Waals surface area contributed by atoms with Gasteiger partial charge in [0, 0.05) is 24.0 Å². The number of hydrogen-bond donors (Lipinski definition) is 0. The van der Waals surface area contributed by atoms with Gasteiger partial charge in [0.15, 0.2) is 0 Å². The maximum absolute atomic E-state index is 12.3. The standard InChI is InChI=1S/C17H19NOS/c1-2-12-18(14-15-7-4-3-5-8-15)17(19)11-10-16-9-6-13-20-16/h3-11,13H,2,12,14H2,1H3/b11-10+. The van der Waals surface area contributed by atoms with Gasteiger partial charge in [0.1, 0.15) is 0 Å². The van der Waals surface area contributed by atoms with Gasteiger partial charge in [-0.1, -0.05) is 43.3 Å². The molecule has 0 bridgehead atoms. The smallest absolute Gasteiger partial charge is 0.246 e. The molecule has 1 amide bonds. The number of hydrogen-bond acceptors (Lipinski definition) is 2. The second-order valence-corrected chi connectivity index (χ2v) is 5.57. The molecule has 1 heterocycles. The lowest BCUT2D eigenvalue weighted by molar-refractivity contribution is -0.126. The van der Waals surface area contributed by atoms with Gasteiger partial charge in [-0.25, -0.2) is 0 Å². The molecule has 1 aromatic carbocycles. The summed E-state index contributed by atoms with van der Waals surface area (Å²) in [7, 11) is 0. The van der Waals surface area contributed by atoms with Gasteiger partial charge >= 0.3 is 0 Å². The van der Waals surface area contributed by atoms with Gasteiger partial charge in [-0.3, -0.25) is 4.79 Å². The van der Waals surface area contributed by atoms with Gasteiger partial charge in [-0.05, 0) is 29.5 Å². The summed E-state index contributed by atoms with van der Waals surface area (Å²) in [6.07, 6.45) is 4.52. The van der Waals surface area contributed by atoms with Crippen molar-refractivity contribution in [3.8, 4) is 0 Å². The van der Waals surface area contributed by atoms with Crippen molar-refractivity contribution in [2.45, 2.75) is 19.9 Å². The third-order valence-electron chi connectivity index (χ3n) is 2.95. The van der Waals surface area contributed by atoms with E-state index in [0.29, 0.717) is 6.54 Å². The summed E-state index contributed by atoms with van der Waals surface area (Å²) in [4.78, 5) is 15.3. The third kappa shape index (κ3) is 4.35. The largest absolute Gasteiger partial charge is 0.335 e. The second-order valence-electron chi connectivity index (χ2n) is 4.59. The van der Waals surface area contributed by atoms with Crippen LogP contribution in [-0.2, 0) is 11.3 Å². The molecule has 0 fully saturated rings. The zero-order valence-electron chi connectivity index (χ0n) is 11.7. The van der Waals surface area contributed by atoms with Crippen LogP contribution in [0.4, 0.5) is 0 Å². The van der Waals surface area contributed by atoms with Crippen LogP contribution in [0.25, 0.3) is 6.08 Å². The van der Waals surface area contributed by atoms with E-state index < -0.39 is 0 Å². The molecule has 0 unspecified atom stereocenters. The van der Waals surface area contributed by atoms with Gasteiger partial charge in [0.05, 0.1) is 0 Å². The van der Waals surface area contributed by atoms with Gasteiger partial charge in [-0.15, -0.1) is 11.3 Å². The van der Waals surface area contributed by atoms with E-state index >= 15 is 0 Å². The minimum atomic E-state index is 0.0732. The first-order valence-electron chi connectivity index (χ1n) is 6.84. The first kappa shape index (κ1) is 14.5. The summed E-state index contributed by atoms with van der Waals surface area (Å²) >= 11 is 1.64. The zero-order chi connectivity index (χ0) is 14.2. The van der Waals surface area contributed by atoms with Crippen molar-refractivity contribution in [1.29, 1.82) is 0 Å². The minimum Gasteiger partial charge on any atom is -0.335 e. The van der Waals surface area contributed by atoms with Crippen molar-refractivity contribution >= 4 is 23.3 Å². The molecule has 0 atom stereocenters. The number of benzene rings is 1. The topological polar surface area (TPSA) is 20.3 Å². The van der Waals surface area contributed by atoms with Crippen LogP contribution in [-0.4, -0.2) is 17.4 Å². The fraction of sp³-hybridized carbons (Fsp3) is 0.235. The molecule has 0 aliphatic rings. The van der Waals surface area contributed by atoms with E-state index in [0.717, 1.165) is 17.8 Å². The number of rotatable bonds is 6. The number of carbonyl (C=O) groups is 1. The predicted molar refractivity (Wildman–Crippen MR) is 85.5 cm³/mol. The molecule has 0 saturated carbocycles. The molecule has 2 rings (SSSR count). The Labute approximate surface area is 124 Å². The Kier molecular flexibility index (Phi) is 5.56. The highest BCUT2D eigenvalue weighted by Gasteiger charge is 2.10. The molecular weight excluding hydrogens is 266 g/mol. The molecule has 1 aromatic heterocycles. The van der Waals surface area contributed by atoms with Crippen molar-refractivity contribution in [3.05, 3.63) is 64.4 Å². The highest BCUT2D eigenvalue weighted by molar-refractivity contribution is 7.10. The molecule has 0 aliphatic heterocycles. The molecule has 0 saturated heterocycles. The third-order valence-corrected chi connectivity index (χ3v) is 3.79. The first-order chi connectivity index (χ1) is 9.79. The molecular formula is C17H19NOS. The molecule has 2 aromatic rings. The van der Waals surface area contributed by atoms with Crippen molar-refractivity contribution < 1.29 is 4.79 Å². The van der Waals surface area contributed by atoms with Crippen LogP contribution in [0.2, 0.25) is 0 Å². The first-order valence-corrected chi connectivity index (χ1v) is 7.72. The number of nitrogens with zero attached hydrogens (tertiary/aromatic N) is 1. The molecule has 20 heavy (non-hydrogen) atoms. The zero-order valence-corrected chi connectivity index (χ0v) is 12.5. The highest BCUT2D eigenvalue weighted by Crippen LogP contribution is 2.11. The number of amides is 1. The lowest BCUT2D eigenvalue weighted by Gasteiger charge is -2.20. The average molecular weight is 285 g/mol. The van der Waals surface area contributed by atoms with E-state index in [2.05, 4.69) is 19.1 Å².